The Bertz CT molecular complexity index is 1060. The number of epoxide rings is 1. The van der Waals surface area contributed by atoms with E-state index in [-0.39, 0.29) is 25.0 Å². The van der Waals surface area contributed by atoms with E-state index in [2.05, 4.69) is 24.5 Å². The van der Waals surface area contributed by atoms with Crippen molar-refractivity contribution in [3.05, 3.63) is 41.6 Å². The first-order valence-corrected chi connectivity index (χ1v) is 13.3. The molecule has 10 heteroatoms. The molecule has 0 spiro atoms. The number of benzene rings is 1. The van der Waals surface area contributed by atoms with Gasteiger partial charge in [-0.05, 0) is 29.9 Å². The summed E-state index contributed by atoms with van der Waals surface area (Å²) < 4.78 is 10.5. The fraction of sp³-hybridized carbons (Fsp3) is 0.571. The second-order valence-electron chi connectivity index (χ2n) is 10.2. The molecule has 1 aromatic rings. The molecule has 10 nitrogen and oxygen atoms in total. The number of carbonyl (C=O) groups excluding carboxylic acids is 4. The summed E-state index contributed by atoms with van der Waals surface area (Å²) >= 11 is 0. The van der Waals surface area contributed by atoms with Crippen LogP contribution in [0, 0.1) is 5.92 Å². The number of nitrogens with zero attached hydrogens (tertiary/aromatic N) is 2. The van der Waals surface area contributed by atoms with E-state index in [1.165, 1.54) is 4.90 Å². The quantitative estimate of drug-likeness (QED) is 0.227. The van der Waals surface area contributed by atoms with Gasteiger partial charge in [-0.25, -0.2) is 4.79 Å². The van der Waals surface area contributed by atoms with E-state index in [0.29, 0.717) is 24.5 Å². The molecule has 2 aliphatic rings. The molecule has 208 valence electrons. The maximum Gasteiger partial charge on any atom is 0.338 e. The van der Waals surface area contributed by atoms with E-state index < -0.39 is 30.1 Å². The molecule has 1 fully saturated rings. The molecule has 2 aliphatic heterocycles. The number of esters is 1. The Kier molecular flexibility index (Phi) is 10.3. The monoisotopic (exact) mass is 528 g/mol. The van der Waals surface area contributed by atoms with Crippen LogP contribution in [-0.2, 0) is 35.2 Å². The summed E-state index contributed by atoms with van der Waals surface area (Å²) in [5.74, 6) is -1.10. The van der Waals surface area contributed by atoms with E-state index in [9.17, 15) is 19.2 Å². The third-order valence-corrected chi connectivity index (χ3v) is 6.62. The van der Waals surface area contributed by atoms with Gasteiger partial charge in [0.15, 0.2) is 12.2 Å². The van der Waals surface area contributed by atoms with Crippen molar-refractivity contribution in [2.24, 2.45) is 5.92 Å². The van der Waals surface area contributed by atoms with Gasteiger partial charge >= 0.3 is 5.97 Å². The van der Waals surface area contributed by atoms with Crippen LogP contribution in [-0.4, -0.2) is 85.5 Å². The Hall–Kier alpha value is -3.40. The average Bonchev–Trinajstić information content (AvgIpc) is 3.69. The lowest BCUT2D eigenvalue weighted by Gasteiger charge is -2.26. The van der Waals surface area contributed by atoms with Crippen LogP contribution >= 0.6 is 0 Å². The number of amides is 3. The molecule has 3 atom stereocenters. The van der Waals surface area contributed by atoms with Crippen molar-refractivity contribution in [2.45, 2.75) is 64.8 Å². The number of fused-ring (bicyclic) bond motifs is 1. The van der Waals surface area contributed by atoms with Crippen molar-refractivity contribution >= 4 is 29.3 Å². The summed E-state index contributed by atoms with van der Waals surface area (Å²) in [5, 5.41) is 5.67. The SMILES string of the molecule is CCCC(C(=O)NCCC(C)C)N(C)C(=O)C1OC1C(=O)OCCNC(=O)C1=CN(C)Cc2ccccc21. The molecule has 3 unspecified atom stereocenters. The van der Waals surface area contributed by atoms with Crippen LogP contribution in [0.3, 0.4) is 0 Å². The first-order valence-electron chi connectivity index (χ1n) is 13.3. The van der Waals surface area contributed by atoms with Crippen molar-refractivity contribution in [1.29, 1.82) is 0 Å². The van der Waals surface area contributed by atoms with Gasteiger partial charge in [0.2, 0.25) is 5.91 Å². The number of hydrogen-bond donors (Lipinski definition) is 2. The highest BCUT2D eigenvalue weighted by atomic mass is 16.6. The van der Waals surface area contributed by atoms with Gasteiger partial charge in [0.25, 0.3) is 11.8 Å². The van der Waals surface area contributed by atoms with Gasteiger partial charge in [0.1, 0.15) is 12.6 Å². The number of ether oxygens (including phenoxy) is 2. The van der Waals surface area contributed by atoms with Crippen molar-refractivity contribution in [2.75, 3.05) is 33.8 Å². The minimum Gasteiger partial charge on any atom is -0.462 e. The van der Waals surface area contributed by atoms with Crippen molar-refractivity contribution in [3.63, 3.8) is 0 Å². The molecule has 2 N–H and O–H groups in total. The molecule has 0 bridgehead atoms. The standard InChI is InChI=1S/C28H40N4O6/c1-6-9-22(26(34)29-13-12-18(2)3)32(5)27(35)23-24(38-23)28(36)37-15-14-30-25(33)21-17-31(4)16-19-10-7-8-11-20(19)21/h7-8,10-11,17-18,22-24H,6,9,12-16H2,1-5H3,(H,29,34)(H,30,33). The molecule has 38 heavy (non-hydrogen) atoms. The van der Waals surface area contributed by atoms with Gasteiger partial charge in [-0.1, -0.05) is 51.5 Å². The summed E-state index contributed by atoms with van der Waals surface area (Å²) in [5.41, 5.74) is 2.50. The van der Waals surface area contributed by atoms with Gasteiger partial charge in [-0.2, -0.15) is 0 Å². The zero-order valence-corrected chi connectivity index (χ0v) is 23.0. The van der Waals surface area contributed by atoms with Gasteiger partial charge in [0, 0.05) is 33.4 Å². The van der Waals surface area contributed by atoms with Crippen LogP contribution < -0.4 is 10.6 Å². The predicted molar refractivity (Wildman–Crippen MR) is 142 cm³/mol. The Labute approximate surface area is 224 Å². The lowest BCUT2D eigenvalue weighted by Crippen LogP contribution is -2.49. The van der Waals surface area contributed by atoms with E-state index >= 15 is 0 Å². The Morgan fingerprint density at radius 3 is 2.55 bits per heavy atom. The minimum absolute atomic E-state index is 0.0529. The zero-order valence-electron chi connectivity index (χ0n) is 23.0. The smallest absolute Gasteiger partial charge is 0.338 e. The molecular formula is C28H40N4O6. The van der Waals surface area contributed by atoms with Crippen LogP contribution in [0.2, 0.25) is 0 Å². The molecule has 3 amide bonds. The third kappa shape index (κ3) is 7.56. The molecule has 1 saturated heterocycles. The topological polar surface area (TPSA) is 121 Å². The number of carbonyl (C=O) groups is 4. The summed E-state index contributed by atoms with van der Waals surface area (Å²) in [6.45, 7) is 7.44. The maximum atomic E-state index is 12.9. The van der Waals surface area contributed by atoms with Crippen LogP contribution in [0.4, 0.5) is 0 Å². The predicted octanol–water partition coefficient (Wildman–Crippen LogP) is 1.69. The largest absolute Gasteiger partial charge is 0.462 e. The van der Waals surface area contributed by atoms with Gasteiger partial charge in [-0.15, -0.1) is 0 Å². The van der Waals surface area contributed by atoms with Gasteiger partial charge in [-0.3, -0.25) is 14.4 Å². The number of nitrogens with one attached hydrogen (secondary N) is 2. The van der Waals surface area contributed by atoms with E-state index in [4.69, 9.17) is 9.47 Å². The first-order chi connectivity index (χ1) is 18.1. The van der Waals surface area contributed by atoms with Gasteiger partial charge < -0.3 is 29.9 Å². The van der Waals surface area contributed by atoms with E-state index in [0.717, 1.165) is 30.5 Å². The maximum absolute atomic E-state index is 12.9. The average molecular weight is 529 g/mol. The summed E-state index contributed by atoms with van der Waals surface area (Å²) in [4.78, 5) is 54.0. The number of hydrogen-bond acceptors (Lipinski definition) is 7. The Morgan fingerprint density at radius 1 is 1.11 bits per heavy atom. The molecule has 0 saturated carbocycles. The fourth-order valence-corrected chi connectivity index (χ4v) is 4.41. The third-order valence-electron chi connectivity index (χ3n) is 6.62. The normalized spacial score (nSPS) is 18.7. The van der Waals surface area contributed by atoms with Crippen LogP contribution in [0.25, 0.3) is 5.57 Å². The second-order valence-corrected chi connectivity index (χ2v) is 10.2. The van der Waals surface area contributed by atoms with Crippen molar-refractivity contribution in [1.82, 2.24) is 20.4 Å². The summed E-state index contributed by atoms with van der Waals surface area (Å²) in [7, 11) is 3.46. The zero-order chi connectivity index (χ0) is 27.8. The molecule has 0 aliphatic carbocycles. The number of rotatable bonds is 13. The lowest BCUT2D eigenvalue weighted by molar-refractivity contribution is -0.145. The van der Waals surface area contributed by atoms with Crippen molar-refractivity contribution < 1.29 is 28.7 Å². The highest BCUT2D eigenvalue weighted by Crippen LogP contribution is 2.27. The summed E-state index contributed by atoms with van der Waals surface area (Å²) in [6, 6.07) is 7.10. The van der Waals surface area contributed by atoms with E-state index in [1.807, 2.05) is 43.1 Å². The molecule has 3 rings (SSSR count). The molecule has 1 aromatic carbocycles. The van der Waals surface area contributed by atoms with Gasteiger partial charge in [0.05, 0.1) is 12.1 Å². The Morgan fingerprint density at radius 2 is 1.84 bits per heavy atom. The minimum atomic E-state index is -1.01. The van der Waals surface area contributed by atoms with Crippen LogP contribution in [0.5, 0.6) is 0 Å². The molecule has 0 radical (unpaired) electrons. The van der Waals surface area contributed by atoms with Crippen molar-refractivity contribution in [3.8, 4) is 0 Å². The Balaban J connectivity index is 1.43. The van der Waals surface area contributed by atoms with E-state index in [1.54, 1.807) is 13.2 Å². The molecular weight excluding hydrogens is 488 g/mol. The summed E-state index contributed by atoms with van der Waals surface area (Å²) in [6.07, 6.45) is 1.91. The fourth-order valence-electron chi connectivity index (χ4n) is 4.41. The van der Waals surface area contributed by atoms with Crippen LogP contribution in [0.15, 0.2) is 30.5 Å². The molecule has 2 heterocycles. The second kappa shape index (κ2) is 13.4. The highest BCUT2D eigenvalue weighted by Gasteiger charge is 2.53. The molecule has 0 aromatic heterocycles. The van der Waals surface area contributed by atoms with Crippen LogP contribution in [0.1, 0.15) is 51.2 Å². The lowest BCUT2D eigenvalue weighted by atomic mass is 9.96. The first kappa shape index (κ1) is 29.2. The highest BCUT2D eigenvalue weighted by molar-refractivity contribution is 6.20. The number of likely N-dealkylation sites (N-methyl/N-ethyl adjacent to an activating group) is 1.